The molecule has 1 aromatic carbocycles. The monoisotopic (exact) mass is 874 g/mol. The Hall–Kier alpha value is -4.35. The summed E-state index contributed by atoms with van der Waals surface area (Å²) in [4.78, 5) is 82.7. The molecule has 4 bridgehead atoms. The molecular weight excluding hydrogens is 812 g/mol. The molecule has 4 N–H and O–H groups in total. The minimum atomic E-state index is -1.89. The Labute approximate surface area is 363 Å². The van der Waals surface area contributed by atoms with Crippen LogP contribution in [-0.2, 0) is 51.2 Å². The lowest BCUT2D eigenvalue weighted by atomic mass is 9.79. The Bertz CT molecular complexity index is 1870. The van der Waals surface area contributed by atoms with Gasteiger partial charge in [-0.1, -0.05) is 61.7 Å². The molecule has 61 heavy (non-hydrogen) atoms. The predicted molar refractivity (Wildman–Crippen MR) is 226 cm³/mol. The van der Waals surface area contributed by atoms with Gasteiger partial charge < -0.3 is 39.3 Å². The number of aliphatic hydroxyl groups excluding tert-OH is 2. The number of hydrogen-bond acceptors (Lipinski definition) is 12. The number of esters is 1. The fraction of sp³-hybridized carbons (Fsp3) is 0.636. The summed E-state index contributed by atoms with van der Waals surface area (Å²) in [6, 6.07) is 2.38. The van der Waals surface area contributed by atoms with Crippen LogP contribution in [0.5, 0.6) is 0 Å². The maximum Gasteiger partial charge on any atom is 0.409 e. The van der Waals surface area contributed by atoms with Gasteiger partial charge in [0.05, 0.1) is 30.3 Å². The fourth-order valence-corrected chi connectivity index (χ4v) is 8.42. The second kappa shape index (κ2) is 21.1. The first kappa shape index (κ1) is 49.3. The molecule has 3 aliphatic heterocycles. The first-order chi connectivity index (χ1) is 28.7. The van der Waals surface area contributed by atoms with E-state index >= 15 is 0 Å². The lowest BCUT2D eigenvalue weighted by molar-refractivity contribution is -0.180. The van der Waals surface area contributed by atoms with Crippen molar-refractivity contribution < 1.29 is 58.3 Å². The lowest BCUT2D eigenvalue weighted by Crippen LogP contribution is -2.62. The molecule has 17 heteroatoms. The fourth-order valence-electron chi connectivity index (χ4n) is 8.13. The smallest absolute Gasteiger partial charge is 0.409 e. The largest absolute Gasteiger partial charge is 0.457 e. The number of imide groups is 1. The minimum absolute atomic E-state index is 0.0512. The highest BCUT2D eigenvalue weighted by Gasteiger charge is 2.49. The van der Waals surface area contributed by atoms with Crippen LogP contribution in [0.4, 0.5) is 10.5 Å². The number of anilines is 1. The number of likely N-dealkylation sites (tertiary alicyclic amines) is 1. The number of hydrogen-bond donors (Lipinski definition) is 4. The molecule has 8 atom stereocenters. The van der Waals surface area contributed by atoms with Crippen molar-refractivity contribution in [3.8, 4) is 0 Å². The van der Waals surface area contributed by atoms with E-state index in [4.69, 9.17) is 25.8 Å². The van der Waals surface area contributed by atoms with E-state index < -0.39 is 79.0 Å². The molecule has 5 amide bonds. The molecule has 1 unspecified atom stereocenters. The number of nitrogens with zero attached hydrogens (tertiary/aromatic N) is 3. The average molecular weight is 875 g/mol. The van der Waals surface area contributed by atoms with Gasteiger partial charge in [-0.2, -0.15) is 0 Å². The molecule has 2 saturated heterocycles. The highest BCUT2D eigenvalue weighted by atomic mass is 35.5. The lowest BCUT2D eigenvalue weighted by Gasteiger charge is -2.44. The van der Waals surface area contributed by atoms with Gasteiger partial charge in [0.15, 0.2) is 5.72 Å². The van der Waals surface area contributed by atoms with Gasteiger partial charge >= 0.3 is 12.1 Å². The van der Waals surface area contributed by atoms with Crippen LogP contribution >= 0.6 is 11.6 Å². The van der Waals surface area contributed by atoms with Gasteiger partial charge in [0.2, 0.25) is 23.6 Å². The first-order valence-corrected chi connectivity index (χ1v) is 21.3. The maximum atomic E-state index is 14.3. The van der Waals surface area contributed by atoms with Crippen LogP contribution in [0.2, 0.25) is 5.02 Å². The second-order valence-corrected chi connectivity index (χ2v) is 17.4. The number of rotatable bonds is 12. The molecule has 0 aromatic heterocycles. The number of aliphatic hydroxyl groups is 3. The van der Waals surface area contributed by atoms with E-state index in [0.29, 0.717) is 43.5 Å². The first-order valence-electron chi connectivity index (χ1n) is 20.9. The van der Waals surface area contributed by atoms with Crippen LogP contribution in [0.1, 0.15) is 97.1 Å². The van der Waals surface area contributed by atoms with Gasteiger partial charge in [-0.25, -0.2) is 9.59 Å². The Morgan fingerprint density at radius 1 is 1.08 bits per heavy atom. The third kappa shape index (κ3) is 12.0. The summed E-state index contributed by atoms with van der Waals surface area (Å²) < 4.78 is 17.9. The number of fused-ring (bicyclic) bond motifs is 4. The highest BCUT2D eigenvalue weighted by molar-refractivity contribution is 6.34. The van der Waals surface area contributed by atoms with Gasteiger partial charge in [-0.05, 0) is 69.6 Å². The number of carbonyl (C=O) groups is 6. The third-order valence-electron chi connectivity index (χ3n) is 12.4. The number of ether oxygens (including phenoxy) is 3. The molecule has 0 radical (unpaired) electrons. The van der Waals surface area contributed by atoms with E-state index in [0.717, 1.165) is 11.1 Å². The zero-order valence-corrected chi connectivity index (χ0v) is 37.3. The number of amides is 5. The number of unbranched alkanes of at least 4 members (excludes halogenated alkanes) is 2. The number of halogens is 1. The van der Waals surface area contributed by atoms with E-state index in [2.05, 4.69) is 5.32 Å². The SMILES string of the molecule is CO[C@]1(C)C[C@H](C)[C@@H]2C[C@@](O)(NC(=O)O2)[C@H](CO)/C=C/C=C(\C)Cc2cc(CO)c(Cl)c(c2)N(C)C(=O)C[C@@H]1OC(=O)[C@H](C)N(C)C(=O)CCCCCN1C(=O)CC(C)C1=O. The Balaban J connectivity index is 1.62. The molecule has 0 aliphatic carbocycles. The zero-order valence-electron chi connectivity index (χ0n) is 36.6. The number of allylic oxidation sites excluding steroid dienone is 3. The van der Waals surface area contributed by atoms with Crippen LogP contribution in [0.25, 0.3) is 0 Å². The predicted octanol–water partition coefficient (Wildman–Crippen LogP) is 4.18. The van der Waals surface area contributed by atoms with Crippen LogP contribution in [0, 0.1) is 17.8 Å². The third-order valence-corrected chi connectivity index (χ3v) is 12.8. The zero-order chi connectivity index (χ0) is 45.4. The average Bonchev–Trinajstić information content (AvgIpc) is 3.46. The van der Waals surface area contributed by atoms with E-state index in [-0.39, 0.29) is 54.3 Å². The number of methoxy groups -OCH3 is 1. The number of benzene rings is 1. The van der Waals surface area contributed by atoms with Crippen molar-refractivity contribution >= 4 is 53.0 Å². The summed E-state index contributed by atoms with van der Waals surface area (Å²) >= 11 is 6.76. The molecule has 3 aliphatic rings. The summed E-state index contributed by atoms with van der Waals surface area (Å²) in [5.41, 5.74) is -1.02. The second-order valence-electron chi connectivity index (χ2n) is 17.1. The van der Waals surface area contributed by atoms with Crippen LogP contribution in [0.3, 0.4) is 0 Å². The number of nitrogens with one attached hydrogen (secondary N) is 1. The van der Waals surface area contributed by atoms with E-state index in [9.17, 15) is 44.1 Å². The van der Waals surface area contributed by atoms with E-state index in [1.165, 1.54) is 42.8 Å². The summed E-state index contributed by atoms with van der Waals surface area (Å²) in [6.45, 7) is 7.91. The van der Waals surface area contributed by atoms with Crippen LogP contribution in [-0.4, -0.2) is 125 Å². The summed E-state index contributed by atoms with van der Waals surface area (Å²) in [5.74, 6) is -3.83. The van der Waals surface area contributed by atoms with E-state index in [1.54, 1.807) is 51.1 Å². The molecule has 0 saturated carbocycles. The number of alkyl carbamates (subject to hydrolysis) is 1. The normalized spacial score (nSPS) is 29.6. The Kier molecular flexibility index (Phi) is 17.1. The topological polar surface area (TPSA) is 213 Å². The number of carbonyl (C=O) groups excluding carboxylic acids is 6. The van der Waals surface area contributed by atoms with Crippen molar-refractivity contribution in [2.45, 2.75) is 129 Å². The summed E-state index contributed by atoms with van der Waals surface area (Å²) in [5, 5.41) is 35.0. The van der Waals surface area contributed by atoms with Crippen molar-refractivity contribution in [3.63, 3.8) is 0 Å². The molecule has 2 fully saturated rings. The van der Waals surface area contributed by atoms with Gasteiger partial charge in [-0.15, -0.1) is 0 Å². The molecule has 338 valence electrons. The van der Waals surface area contributed by atoms with Crippen molar-refractivity contribution in [3.05, 3.63) is 52.1 Å². The van der Waals surface area contributed by atoms with Crippen molar-refractivity contribution in [1.82, 2.24) is 15.1 Å². The van der Waals surface area contributed by atoms with E-state index in [1.807, 2.05) is 6.92 Å². The maximum absolute atomic E-state index is 14.3. The summed E-state index contributed by atoms with van der Waals surface area (Å²) in [7, 11) is 4.40. The van der Waals surface area contributed by atoms with Gasteiger partial charge in [0.1, 0.15) is 23.9 Å². The van der Waals surface area contributed by atoms with Crippen molar-refractivity contribution in [2.24, 2.45) is 17.8 Å². The van der Waals surface area contributed by atoms with Crippen LogP contribution in [0.15, 0.2) is 35.9 Å². The molecule has 1 aromatic rings. The molecule has 4 rings (SSSR count). The van der Waals surface area contributed by atoms with Gasteiger partial charge in [0, 0.05) is 58.8 Å². The standard InChI is InChI=1S/C44H63ClN4O12/c1-26-13-12-14-32(25-51)44(58)23-34(60-42(57)46-44)28(3)22-43(5,59-8)35(21-37(53)48(7)33-20-30(17-26)19-31(24-50)39(33)45)61-41(56)29(4)47(6)36(52)15-10-9-11-16-49-38(54)18-27(2)40(49)55/h12-14,19-20,27-29,32,34-35,50-51,58H,9-11,15-18,21-25H2,1-8H3,(H,46,57)/b14-12+,26-13+/t27?,28-,29-,32-,34-,35-,43+,44-/m0/s1. The van der Waals surface area contributed by atoms with Crippen molar-refractivity contribution in [2.75, 3.05) is 39.3 Å². The Morgan fingerprint density at radius 3 is 2.41 bits per heavy atom. The van der Waals surface area contributed by atoms with Gasteiger partial charge in [0.25, 0.3) is 0 Å². The minimum Gasteiger partial charge on any atom is -0.457 e. The molecule has 0 spiro atoms. The molecule has 3 heterocycles. The van der Waals surface area contributed by atoms with Gasteiger partial charge in [-0.3, -0.25) is 29.4 Å². The van der Waals surface area contributed by atoms with Crippen LogP contribution < -0.4 is 10.2 Å². The highest BCUT2D eigenvalue weighted by Crippen LogP contribution is 2.38. The van der Waals surface area contributed by atoms with Crippen molar-refractivity contribution in [1.29, 1.82) is 0 Å². The molecular formula is C44H63ClN4O12. The quantitative estimate of drug-likeness (QED) is 0.132. The Morgan fingerprint density at radius 2 is 1.79 bits per heavy atom. The molecule has 16 nitrogen and oxygen atoms in total. The number of likely N-dealkylation sites (N-methyl/N-ethyl adjacent to an activating group) is 1. The summed E-state index contributed by atoms with van der Waals surface area (Å²) in [6.07, 6.45) is 3.81.